The predicted molar refractivity (Wildman–Crippen MR) is 59.6 cm³/mol. The molecule has 0 aliphatic carbocycles. The van der Waals surface area contributed by atoms with Crippen molar-refractivity contribution in [2.75, 3.05) is 19.8 Å². The van der Waals surface area contributed by atoms with E-state index in [1.54, 1.807) is 24.3 Å². The van der Waals surface area contributed by atoms with Crippen LogP contribution in [0.15, 0.2) is 36.9 Å². The summed E-state index contributed by atoms with van der Waals surface area (Å²) in [6, 6.07) is 6.25. The number of hydrogen-bond acceptors (Lipinski definition) is 4. The highest BCUT2D eigenvalue weighted by atomic mass is 16.6. The van der Waals surface area contributed by atoms with E-state index in [2.05, 4.69) is 6.58 Å². The summed E-state index contributed by atoms with van der Waals surface area (Å²) in [6.07, 6.45) is 1.63. The molecule has 0 bridgehead atoms. The lowest BCUT2D eigenvalue weighted by molar-refractivity contribution is -0.385. The molecule has 0 aliphatic rings. The summed E-state index contributed by atoms with van der Waals surface area (Å²) in [6.45, 7) is 4.59. The Morgan fingerprint density at radius 3 is 2.81 bits per heavy atom. The Hall–Kier alpha value is -1.88. The summed E-state index contributed by atoms with van der Waals surface area (Å²) >= 11 is 0. The molecule has 16 heavy (non-hydrogen) atoms. The Balaban J connectivity index is 2.47. The lowest BCUT2D eigenvalue weighted by Gasteiger charge is -2.06. The second kappa shape index (κ2) is 6.58. The molecule has 5 heteroatoms. The van der Waals surface area contributed by atoms with Crippen molar-refractivity contribution in [1.82, 2.24) is 0 Å². The third-order valence-corrected chi connectivity index (χ3v) is 1.78. The van der Waals surface area contributed by atoms with Gasteiger partial charge in [0, 0.05) is 6.07 Å². The summed E-state index contributed by atoms with van der Waals surface area (Å²) in [7, 11) is 0. The van der Waals surface area contributed by atoms with Crippen molar-refractivity contribution in [3.8, 4) is 5.75 Å². The molecule has 0 amide bonds. The molecule has 5 nitrogen and oxygen atoms in total. The van der Waals surface area contributed by atoms with E-state index in [9.17, 15) is 10.1 Å². The Kier molecular flexibility index (Phi) is 5.01. The Morgan fingerprint density at radius 1 is 1.38 bits per heavy atom. The van der Waals surface area contributed by atoms with Crippen LogP contribution in [0.25, 0.3) is 0 Å². The van der Waals surface area contributed by atoms with Crippen LogP contribution in [0.1, 0.15) is 0 Å². The largest absolute Gasteiger partial charge is 0.484 e. The highest BCUT2D eigenvalue weighted by Gasteiger charge is 2.12. The Bertz CT molecular complexity index is 365. The second-order valence-electron chi connectivity index (χ2n) is 2.94. The van der Waals surface area contributed by atoms with Crippen molar-refractivity contribution < 1.29 is 14.4 Å². The molecule has 0 unspecified atom stereocenters. The SMILES string of the molecule is C=CCOCCOc1ccccc1[N+](=O)[O-]. The molecule has 0 N–H and O–H groups in total. The summed E-state index contributed by atoms with van der Waals surface area (Å²) in [5.41, 5.74) is -0.0359. The first-order valence-electron chi connectivity index (χ1n) is 4.80. The van der Waals surface area contributed by atoms with Crippen LogP contribution in [-0.2, 0) is 4.74 Å². The maximum Gasteiger partial charge on any atom is 0.310 e. The number of benzene rings is 1. The second-order valence-corrected chi connectivity index (χ2v) is 2.94. The highest BCUT2D eigenvalue weighted by Crippen LogP contribution is 2.25. The molecule has 1 aromatic carbocycles. The van der Waals surface area contributed by atoms with Gasteiger partial charge in [0.1, 0.15) is 6.61 Å². The van der Waals surface area contributed by atoms with E-state index >= 15 is 0 Å². The molecule has 1 rings (SSSR count). The van der Waals surface area contributed by atoms with Gasteiger partial charge in [-0.05, 0) is 6.07 Å². The monoisotopic (exact) mass is 223 g/mol. The normalized spacial score (nSPS) is 9.75. The van der Waals surface area contributed by atoms with Gasteiger partial charge in [0.2, 0.25) is 0 Å². The molecular formula is C11H13NO4. The number of rotatable bonds is 7. The van der Waals surface area contributed by atoms with Crippen LogP contribution >= 0.6 is 0 Å². The number of nitro benzene ring substituents is 1. The number of ether oxygens (including phenoxy) is 2. The van der Waals surface area contributed by atoms with E-state index in [0.717, 1.165) is 0 Å². The van der Waals surface area contributed by atoms with Crippen molar-refractivity contribution in [1.29, 1.82) is 0 Å². The molecule has 86 valence electrons. The summed E-state index contributed by atoms with van der Waals surface area (Å²) in [5, 5.41) is 10.6. The van der Waals surface area contributed by atoms with Crippen LogP contribution in [0, 0.1) is 10.1 Å². The Morgan fingerprint density at radius 2 is 2.12 bits per heavy atom. The quantitative estimate of drug-likeness (QED) is 0.307. The predicted octanol–water partition coefficient (Wildman–Crippen LogP) is 2.18. The van der Waals surface area contributed by atoms with Crippen LogP contribution < -0.4 is 4.74 Å². The van der Waals surface area contributed by atoms with Crippen molar-refractivity contribution >= 4 is 5.69 Å². The van der Waals surface area contributed by atoms with Crippen molar-refractivity contribution in [3.05, 3.63) is 47.0 Å². The molecule has 0 saturated heterocycles. The van der Waals surface area contributed by atoms with Gasteiger partial charge in [-0.2, -0.15) is 0 Å². The minimum atomic E-state index is -0.472. The van der Waals surface area contributed by atoms with E-state index in [0.29, 0.717) is 13.2 Å². The molecule has 0 atom stereocenters. The number of hydrogen-bond donors (Lipinski definition) is 0. The Labute approximate surface area is 93.4 Å². The first-order valence-corrected chi connectivity index (χ1v) is 4.80. The lowest BCUT2D eigenvalue weighted by atomic mass is 10.3. The van der Waals surface area contributed by atoms with Crippen LogP contribution in [0.3, 0.4) is 0 Å². The maximum absolute atomic E-state index is 10.6. The molecule has 0 heterocycles. The van der Waals surface area contributed by atoms with Gasteiger partial charge in [-0.15, -0.1) is 6.58 Å². The van der Waals surface area contributed by atoms with E-state index in [-0.39, 0.29) is 18.0 Å². The zero-order chi connectivity index (χ0) is 11.8. The maximum atomic E-state index is 10.6. The summed E-state index contributed by atoms with van der Waals surface area (Å²) in [5.74, 6) is 0.259. The third kappa shape index (κ3) is 3.70. The highest BCUT2D eigenvalue weighted by molar-refractivity contribution is 5.45. The molecule has 0 saturated carbocycles. The topological polar surface area (TPSA) is 61.6 Å². The smallest absolute Gasteiger partial charge is 0.310 e. The molecule has 0 aromatic heterocycles. The fourth-order valence-corrected chi connectivity index (χ4v) is 1.11. The minimum absolute atomic E-state index is 0.0359. The zero-order valence-electron chi connectivity index (χ0n) is 8.80. The van der Waals surface area contributed by atoms with E-state index in [1.165, 1.54) is 6.07 Å². The first-order chi connectivity index (χ1) is 7.75. The average Bonchev–Trinajstić information content (AvgIpc) is 2.29. The molecule has 0 spiro atoms. The number of nitrogens with zero attached hydrogens (tertiary/aromatic N) is 1. The molecule has 0 radical (unpaired) electrons. The van der Waals surface area contributed by atoms with Crippen LogP contribution in [0.2, 0.25) is 0 Å². The van der Waals surface area contributed by atoms with Gasteiger partial charge < -0.3 is 9.47 Å². The van der Waals surface area contributed by atoms with Crippen LogP contribution in [0.5, 0.6) is 5.75 Å². The minimum Gasteiger partial charge on any atom is -0.484 e. The number of para-hydroxylation sites is 2. The molecule has 0 aliphatic heterocycles. The fourth-order valence-electron chi connectivity index (χ4n) is 1.11. The molecule has 1 aromatic rings. The summed E-state index contributed by atoms with van der Waals surface area (Å²) < 4.78 is 10.3. The number of nitro groups is 1. The van der Waals surface area contributed by atoms with Gasteiger partial charge in [-0.1, -0.05) is 18.2 Å². The summed E-state index contributed by atoms with van der Waals surface area (Å²) in [4.78, 5) is 10.2. The van der Waals surface area contributed by atoms with Gasteiger partial charge in [0.25, 0.3) is 0 Å². The van der Waals surface area contributed by atoms with Gasteiger partial charge in [0.05, 0.1) is 18.1 Å². The van der Waals surface area contributed by atoms with Gasteiger partial charge >= 0.3 is 5.69 Å². The molecular weight excluding hydrogens is 210 g/mol. The van der Waals surface area contributed by atoms with E-state index < -0.39 is 4.92 Å². The van der Waals surface area contributed by atoms with Crippen molar-refractivity contribution in [2.24, 2.45) is 0 Å². The fraction of sp³-hybridized carbons (Fsp3) is 0.273. The van der Waals surface area contributed by atoms with Gasteiger partial charge in [-0.25, -0.2) is 0 Å². The zero-order valence-corrected chi connectivity index (χ0v) is 8.80. The lowest BCUT2D eigenvalue weighted by Crippen LogP contribution is -2.07. The van der Waals surface area contributed by atoms with Gasteiger partial charge in [0.15, 0.2) is 5.75 Å². The van der Waals surface area contributed by atoms with E-state index in [1.807, 2.05) is 0 Å². The first kappa shape index (κ1) is 12.2. The standard InChI is InChI=1S/C11H13NO4/c1-2-7-15-8-9-16-11-6-4-3-5-10(11)12(13)14/h2-6H,1,7-9H2. The van der Waals surface area contributed by atoms with Crippen molar-refractivity contribution in [2.45, 2.75) is 0 Å². The van der Waals surface area contributed by atoms with Crippen LogP contribution in [0.4, 0.5) is 5.69 Å². The molecule has 0 fully saturated rings. The van der Waals surface area contributed by atoms with Gasteiger partial charge in [-0.3, -0.25) is 10.1 Å². The van der Waals surface area contributed by atoms with E-state index in [4.69, 9.17) is 9.47 Å². The van der Waals surface area contributed by atoms with Crippen LogP contribution in [-0.4, -0.2) is 24.7 Å². The third-order valence-electron chi connectivity index (χ3n) is 1.78. The average molecular weight is 223 g/mol. The van der Waals surface area contributed by atoms with Crippen molar-refractivity contribution in [3.63, 3.8) is 0 Å².